The molecule has 0 spiro atoms. The molecule has 3 N–H and O–H groups in total. The number of nitrogens with zero attached hydrogens (tertiary/aromatic N) is 4. The predicted molar refractivity (Wildman–Crippen MR) is 103 cm³/mol. The molecule has 26 heavy (non-hydrogen) atoms. The third kappa shape index (κ3) is 3.27. The van der Waals surface area contributed by atoms with Crippen LogP contribution in [0.3, 0.4) is 0 Å². The fourth-order valence-electron chi connectivity index (χ4n) is 2.55. The van der Waals surface area contributed by atoms with E-state index in [0.717, 1.165) is 10.9 Å². The maximum Gasteiger partial charge on any atom is 0.329 e. The van der Waals surface area contributed by atoms with Gasteiger partial charge < -0.3 is 9.67 Å². The van der Waals surface area contributed by atoms with Crippen molar-refractivity contribution < 1.29 is 5.11 Å². The number of fused-ring (bicyclic) bond motifs is 1. The third-order valence-corrected chi connectivity index (χ3v) is 4.31. The first-order valence-corrected chi connectivity index (χ1v) is 8.68. The zero-order valence-electron chi connectivity index (χ0n) is 14.2. The number of rotatable bonds is 5. The van der Waals surface area contributed by atoms with Gasteiger partial charge in [0, 0.05) is 23.6 Å². The minimum atomic E-state index is -0.530. The number of phenols is 1. The molecule has 0 fully saturated rings. The molecule has 0 bridgehead atoms. The third-order valence-electron chi connectivity index (χ3n) is 3.81. The fourth-order valence-corrected chi connectivity index (χ4v) is 2.93. The number of aromatic amines is 1. The van der Waals surface area contributed by atoms with Crippen molar-refractivity contribution in [3.05, 3.63) is 49.1 Å². The number of imidazole rings is 1. The summed E-state index contributed by atoms with van der Waals surface area (Å²) in [5.74, 6) is 0.416. The van der Waals surface area contributed by atoms with Gasteiger partial charge in [-0.15, -0.1) is 0 Å². The molecule has 3 rings (SSSR count). The second-order valence-corrected chi connectivity index (χ2v) is 6.57. The standard InChI is InChI=1S/C16H17BrN6O3/c1-3-6-23-12-13(22(2)16(26)20-14(12)25)19-15(23)21-18-8-9-7-10(17)4-5-11(9)24/h4-5,7-8,24H,3,6H2,1-2H3,(H,19,21)(H,20,25,26)/b18-8-. The second-order valence-electron chi connectivity index (χ2n) is 5.65. The van der Waals surface area contributed by atoms with Crippen LogP contribution in [0, 0.1) is 0 Å². The van der Waals surface area contributed by atoms with Crippen molar-refractivity contribution in [1.29, 1.82) is 0 Å². The highest BCUT2D eigenvalue weighted by atomic mass is 79.9. The van der Waals surface area contributed by atoms with E-state index in [-0.39, 0.29) is 11.4 Å². The molecule has 0 atom stereocenters. The summed E-state index contributed by atoms with van der Waals surface area (Å²) in [4.78, 5) is 30.6. The normalized spacial score (nSPS) is 11.5. The summed E-state index contributed by atoms with van der Waals surface area (Å²) in [7, 11) is 1.54. The number of benzene rings is 1. The van der Waals surface area contributed by atoms with Crippen molar-refractivity contribution in [3.63, 3.8) is 0 Å². The van der Waals surface area contributed by atoms with Crippen molar-refractivity contribution >= 4 is 39.3 Å². The number of aromatic hydroxyl groups is 1. The molecule has 9 nitrogen and oxygen atoms in total. The summed E-state index contributed by atoms with van der Waals surface area (Å²) in [5.41, 5.74) is 2.84. The number of hydrogen-bond acceptors (Lipinski definition) is 6. The summed E-state index contributed by atoms with van der Waals surface area (Å²) >= 11 is 3.33. The average Bonchev–Trinajstić information content (AvgIpc) is 2.95. The number of H-pyrrole nitrogens is 1. The topological polar surface area (TPSA) is 117 Å². The van der Waals surface area contributed by atoms with Gasteiger partial charge in [0.25, 0.3) is 5.56 Å². The maximum absolute atomic E-state index is 12.2. The molecule has 3 aromatic rings. The molecule has 0 unspecified atom stereocenters. The molecule has 0 radical (unpaired) electrons. The van der Waals surface area contributed by atoms with Gasteiger partial charge >= 0.3 is 5.69 Å². The lowest BCUT2D eigenvalue weighted by atomic mass is 10.2. The Labute approximate surface area is 156 Å². The summed E-state index contributed by atoms with van der Waals surface area (Å²) < 4.78 is 3.75. The van der Waals surface area contributed by atoms with Crippen molar-refractivity contribution in [3.8, 4) is 5.75 Å². The van der Waals surface area contributed by atoms with Gasteiger partial charge in [-0.2, -0.15) is 10.1 Å². The molecule has 136 valence electrons. The smallest absolute Gasteiger partial charge is 0.329 e. The fraction of sp³-hybridized carbons (Fsp3) is 0.250. The Morgan fingerprint density at radius 2 is 2.19 bits per heavy atom. The van der Waals surface area contributed by atoms with Crippen molar-refractivity contribution in [1.82, 2.24) is 19.1 Å². The van der Waals surface area contributed by atoms with Gasteiger partial charge in [-0.25, -0.2) is 10.2 Å². The van der Waals surface area contributed by atoms with Gasteiger partial charge in [0.2, 0.25) is 5.95 Å². The number of anilines is 1. The van der Waals surface area contributed by atoms with Crippen LogP contribution in [0.2, 0.25) is 0 Å². The van der Waals surface area contributed by atoms with E-state index in [0.29, 0.717) is 23.6 Å². The van der Waals surface area contributed by atoms with Crippen molar-refractivity contribution in [2.24, 2.45) is 12.1 Å². The van der Waals surface area contributed by atoms with E-state index in [2.05, 4.69) is 36.4 Å². The lowest BCUT2D eigenvalue weighted by Gasteiger charge is -2.06. The summed E-state index contributed by atoms with van der Waals surface area (Å²) in [5, 5.41) is 13.9. The quantitative estimate of drug-likeness (QED) is 0.429. The maximum atomic E-state index is 12.2. The Kier molecular flexibility index (Phi) is 4.94. The average molecular weight is 421 g/mol. The number of aryl methyl sites for hydroxylation is 2. The van der Waals surface area contributed by atoms with Crippen LogP contribution in [0.4, 0.5) is 5.95 Å². The van der Waals surface area contributed by atoms with Gasteiger partial charge in [-0.3, -0.25) is 14.3 Å². The number of halogens is 1. The molecule has 2 heterocycles. The molecule has 0 saturated heterocycles. The predicted octanol–water partition coefficient (Wildman–Crippen LogP) is 1.75. The first kappa shape index (κ1) is 17.9. The minimum Gasteiger partial charge on any atom is -0.507 e. The van der Waals surface area contributed by atoms with Crippen molar-refractivity contribution in [2.75, 3.05) is 5.43 Å². The van der Waals surface area contributed by atoms with Crippen LogP contribution in [-0.4, -0.2) is 30.4 Å². The highest BCUT2D eigenvalue weighted by molar-refractivity contribution is 9.10. The minimum absolute atomic E-state index is 0.0830. The highest BCUT2D eigenvalue weighted by Crippen LogP contribution is 2.20. The van der Waals surface area contributed by atoms with E-state index in [4.69, 9.17) is 0 Å². The molecule has 1 aromatic carbocycles. The second kappa shape index (κ2) is 7.16. The first-order valence-electron chi connectivity index (χ1n) is 7.89. The number of hydrogen-bond donors (Lipinski definition) is 3. The van der Waals surface area contributed by atoms with Gasteiger partial charge in [0.15, 0.2) is 11.2 Å². The molecule has 2 aromatic heterocycles. The van der Waals surface area contributed by atoms with E-state index in [1.54, 1.807) is 22.8 Å². The van der Waals surface area contributed by atoms with E-state index in [1.807, 2.05) is 6.92 Å². The van der Waals surface area contributed by atoms with Crippen LogP contribution >= 0.6 is 15.9 Å². The van der Waals surface area contributed by atoms with Gasteiger partial charge in [0.1, 0.15) is 5.75 Å². The van der Waals surface area contributed by atoms with Crippen molar-refractivity contribution in [2.45, 2.75) is 19.9 Å². The van der Waals surface area contributed by atoms with E-state index >= 15 is 0 Å². The Hall–Kier alpha value is -2.88. The van der Waals surface area contributed by atoms with Gasteiger partial charge in [-0.05, 0) is 24.6 Å². The Morgan fingerprint density at radius 3 is 2.92 bits per heavy atom. The number of aromatic nitrogens is 4. The SMILES string of the molecule is CCCn1c(N/N=C\c2cc(Br)ccc2O)nc2c1c(=O)[nH]c(=O)n2C. The Balaban J connectivity index is 2.03. The monoisotopic (exact) mass is 420 g/mol. The molecule has 0 amide bonds. The lowest BCUT2D eigenvalue weighted by Crippen LogP contribution is -2.29. The summed E-state index contributed by atoms with van der Waals surface area (Å²) in [6.07, 6.45) is 2.21. The summed E-state index contributed by atoms with van der Waals surface area (Å²) in [6.45, 7) is 2.49. The number of phenolic OH excluding ortho intramolecular Hbond substituents is 1. The number of nitrogens with one attached hydrogen (secondary N) is 2. The van der Waals surface area contributed by atoms with Crippen LogP contribution in [0.25, 0.3) is 11.2 Å². The Bertz CT molecular complexity index is 1110. The molecular formula is C16H17BrN6O3. The largest absolute Gasteiger partial charge is 0.507 e. The van der Waals surface area contributed by atoms with Crippen LogP contribution in [0.5, 0.6) is 5.75 Å². The molecule has 0 aliphatic carbocycles. The van der Waals surface area contributed by atoms with E-state index in [9.17, 15) is 14.7 Å². The van der Waals surface area contributed by atoms with Gasteiger partial charge in [0.05, 0.1) is 6.21 Å². The Morgan fingerprint density at radius 1 is 1.42 bits per heavy atom. The van der Waals surface area contributed by atoms with Gasteiger partial charge in [-0.1, -0.05) is 22.9 Å². The zero-order valence-corrected chi connectivity index (χ0v) is 15.7. The molecule has 0 saturated carbocycles. The highest BCUT2D eigenvalue weighted by Gasteiger charge is 2.16. The molecule has 10 heteroatoms. The van der Waals surface area contributed by atoms with Crippen LogP contribution in [0.15, 0.2) is 37.4 Å². The van der Waals surface area contributed by atoms with E-state index in [1.165, 1.54) is 17.8 Å². The molecule has 0 aliphatic heterocycles. The lowest BCUT2D eigenvalue weighted by molar-refractivity contribution is 0.474. The molecular weight excluding hydrogens is 404 g/mol. The first-order chi connectivity index (χ1) is 12.4. The summed E-state index contributed by atoms with van der Waals surface area (Å²) in [6, 6.07) is 4.98. The van der Waals surface area contributed by atoms with Crippen LogP contribution < -0.4 is 16.7 Å². The van der Waals surface area contributed by atoms with E-state index < -0.39 is 11.2 Å². The molecule has 0 aliphatic rings. The van der Waals surface area contributed by atoms with Crippen LogP contribution in [0.1, 0.15) is 18.9 Å². The zero-order chi connectivity index (χ0) is 18.8. The van der Waals surface area contributed by atoms with Crippen LogP contribution in [-0.2, 0) is 13.6 Å². The number of hydrazone groups is 1.